The first-order chi connectivity index (χ1) is 15.2. The van der Waals surface area contributed by atoms with Gasteiger partial charge in [-0.3, -0.25) is 14.1 Å². The van der Waals surface area contributed by atoms with Gasteiger partial charge in [-0.25, -0.2) is 0 Å². The Morgan fingerprint density at radius 3 is 1.91 bits per heavy atom. The minimum atomic E-state index is -3.31. The molecule has 0 aliphatic heterocycles. The summed E-state index contributed by atoms with van der Waals surface area (Å²) in [6.45, 7) is 10.2. The number of pyridine rings is 1. The Morgan fingerprint density at radius 1 is 0.781 bits per heavy atom. The minimum absolute atomic E-state index is 0.182. The molecule has 0 bridgehead atoms. The van der Waals surface area contributed by atoms with Crippen molar-refractivity contribution in [2.24, 2.45) is 0 Å². The highest BCUT2D eigenvalue weighted by Crippen LogP contribution is 2.55. The van der Waals surface area contributed by atoms with Crippen molar-refractivity contribution >= 4 is 15.2 Å². The third-order valence-corrected chi connectivity index (χ3v) is 9.63. The molecule has 0 fully saturated rings. The van der Waals surface area contributed by atoms with Gasteiger partial charge in [0.25, 0.3) is 0 Å². The summed E-state index contributed by atoms with van der Waals surface area (Å²) in [7, 11) is -6.44. The fourth-order valence-electron chi connectivity index (χ4n) is 3.02. The van der Waals surface area contributed by atoms with E-state index in [0.717, 1.165) is 16.7 Å². The molecule has 1 aromatic carbocycles. The van der Waals surface area contributed by atoms with Gasteiger partial charge in [0.1, 0.15) is 0 Å². The first kappa shape index (κ1) is 26.9. The molecule has 0 N–H and O–H groups in total. The second-order valence-corrected chi connectivity index (χ2v) is 12.9. The zero-order chi connectivity index (χ0) is 23.6. The molecule has 0 saturated carbocycles. The second-order valence-electron chi connectivity index (χ2n) is 7.79. The van der Waals surface area contributed by atoms with Crippen LogP contribution in [0, 0.1) is 0 Å². The van der Waals surface area contributed by atoms with Crippen LogP contribution in [0.4, 0.5) is 0 Å². The smallest absolute Gasteiger partial charge is 0.309 e. The number of hydrogen-bond donors (Lipinski definition) is 0. The predicted octanol–water partition coefficient (Wildman–Crippen LogP) is 6.61. The van der Waals surface area contributed by atoms with E-state index in [9.17, 15) is 9.13 Å². The third kappa shape index (κ3) is 7.91. The van der Waals surface area contributed by atoms with E-state index in [1.807, 2.05) is 57.2 Å². The van der Waals surface area contributed by atoms with Crippen molar-refractivity contribution in [3.8, 4) is 0 Å². The van der Waals surface area contributed by atoms with E-state index in [1.165, 1.54) is 0 Å². The molecule has 0 radical (unpaired) electrons. The fourth-order valence-corrected chi connectivity index (χ4v) is 6.09. The molecule has 1 aromatic heterocycles. The van der Waals surface area contributed by atoms with Crippen LogP contribution in [0.2, 0.25) is 0 Å². The van der Waals surface area contributed by atoms with E-state index >= 15 is 0 Å². The van der Waals surface area contributed by atoms with Crippen LogP contribution in [0.1, 0.15) is 51.3 Å². The highest BCUT2D eigenvalue weighted by atomic mass is 31.2. The molecular formula is C23H35NO6P2. The molecule has 3 unspecified atom stereocenters. The summed E-state index contributed by atoms with van der Waals surface area (Å²) in [5.41, 5.74) is 2.21. The molecule has 3 atom stereocenters. The van der Waals surface area contributed by atoms with Crippen LogP contribution in [0.3, 0.4) is 0 Å². The van der Waals surface area contributed by atoms with Gasteiger partial charge in [-0.15, -0.1) is 0 Å². The number of benzene rings is 1. The lowest BCUT2D eigenvalue weighted by molar-refractivity contribution is 0.197. The maximum absolute atomic E-state index is 13.4. The first-order valence-corrected chi connectivity index (χ1v) is 14.2. The van der Waals surface area contributed by atoms with Crippen LogP contribution in [0.5, 0.6) is 0 Å². The molecule has 0 aliphatic rings. The van der Waals surface area contributed by atoms with Gasteiger partial charge >= 0.3 is 15.2 Å². The van der Waals surface area contributed by atoms with Crippen molar-refractivity contribution in [1.29, 1.82) is 0 Å². The van der Waals surface area contributed by atoms with Crippen molar-refractivity contribution in [3.63, 3.8) is 0 Å². The number of nitrogens with zero attached hydrogens (tertiary/aromatic N) is 1. The van der Waals surface area contributed by atoms with Gasteiger partial charge in [-0.2, -0.15) is 0 Å². The van der Waals surface area contributed by atoms with Gasteiger partial charge in [0, 0.05) is 12.4 Å². The summed E-state index contributed by atoms with van der Waals surface area (Å²) < 4.78 is 48.5. The molecule has 0 saturated heterocycles. The normalized spacial score (nSPS) is 16.4. The van der Waals surface area contributed by atoms with E-state index in [-0.39, 0.29) is 24.5 Å². The summed E-state index contributed by atoms with van der Waals surface area (Å²) in [4.78, 5) is 4.06. The lowest BCUT2D eigenvalue weighted by Crippen LogP contribution is -2.13. The largest absolute Gasteiger partial charge is 0.334 e. The highest BCUT2D eigenvalue weighted by molar-refractivity contribution is 7.54. The molecule has 2 aromatic rings. The van der Waals surface area contributed by atoms with Crippen molar-refractivity contribution < 1.29 is 27.2 Å². The third-order valence-electron chi connectivity index (χ3n) is 4.89. The molecule has 2 rings (SSSR count). The van der Waals surface area contributed by atoms with E-state index in [0.29, 0.717) is 19.6 Å². The van der Waals surface area contributed by atoms with Crippen molar-refractivity contribution in [3.05, 3.63) is 65.5 Å². The summed E-state index contributed by atoms with van der Waals surface area (Å²) >= 11 is 0. The highest BCUT2D eigenvalue weighted by Gasteiger charge is 2.32. The zero-order valence-corrected chi connectivity index (χ0v) is 21.4. The summed E-state index contributed by atoms with van der Waals surface area (Å²) in [6.07, 6.45) is 3.90. The topological polar surface area (TPSA) is 84.0 Å². The summed E-state index contributed by atoms with van der Waals surface area (Å²) in [6, 6.07) is 11.4. The van der Waals surface area contributed by atoms with Crippen LogP contribution in [-0.2, 0) is 46.9 Å². The van der Waals surface area contributed by atoms with Gasteiger partial charge in [-0.1, -0.05) is 51.1 Å². The van der Waals surface area contributed by atoms with Gasteiger partial charge in [0.2, 0.25) is 0 Å². The van der Waals surface area contributed by atoms with Crippen LogP contribution in [0.15, 0.2) is 48.8 Å². The average molecular weight is 483 g/mol. The average Bonchev–Trinajstić information content (AvgIpc) is 2.78. The molecule has 7 nitrogen and oxygen atoms in total. The van der Waals surface area contributed by atoms with E-state index < -0.39 is 15.2 Å². The number of aromatic nitrogens is 1. The lowest BCUT2D eigenvalue weighted by Gasteiger charge is -2.24. The Balaban J connectivity index is 1.99. The molecular weight excluding hydrogens is 448 g/mol. The van der Waals surface area contributed by atoms with E-state index in [1.54, 1.807) is 26.2 Å². The predicted molar refractivity (Wildman–Crippen MR) is 127 cm³/mol. The van der Waals surface area contributed by atoms with Crippen LogP contribution in [0.25, 0.3) is 0 Å². The van der Waals surface area contributed by atoms with Crippen LogP contribution in [-0.4, -0.2) is 29.5 Å². The minimum Gasteiger partial charge on any atom is -0.309 e. The molecule has 0 spiro atoms. The molecule has 0 aliphatic carbocycles. The van der Waals surface area contributed by atoms with Crippen molar-refractivity contribution in [2.75, 3.05) is 13.2 Å². The maximum Gasteiger partial charge on any atom is 0.334 e. The molecule has 0 amide bonds. The van der Waals surface area contributed by atoms with Crippen LogP contribution < -0.4 is 0 Å². The zero-order valence-electron chi connectivity index (χ0n) is 19.6. The van der Waals surface area contributed by atoms with Gasteiger partial charge in [0.05, 0.1) is 37.7 Å². The van der Waals surface area contributed by atoms with Crippen molar-refractivity contribution in [1.82, 2.24) is 4.98 Å². The van der Waals surface area contributed by atoms with E-state index in [4.69, 9.17) is 18.1 Å². The SMILES string of the molecule is CCOP(=O)(OCc1ccc(CC(C)P(=O)(OCC)OCc2cccnc2)cc1)C(C)C. The number of rotatable bonds is 14. The van der Waals surface area contributed by atoms with Gasteiger partial charge in [0.15, 0.2) is 0 Å². The monoisotopic (exact) mass is 483 g/mol. The second kappa shape index (κ2) is 12.8. The van der Waals surface area contributed by atoms with Crippen molar-refractivity contribution in [2.45, 2.75) is 65.6 Å². The standard InChI is InChI=1S/C23H35NO6P2/c1-6-27-31(25,19(3)4)29-17-22-12-10-21(11-13-22)15-20(5)32(26,28-7-2)30-18-23-9-8-14-24-16-23/h8-14,16,19-20H,6-7,15,17-18H2,1-5H3. The maximum atomic E-state index is 13.4. The molecule has 1 heterocycles. The van der Waals surface area contributed by atoms with Crippen LogP contribution >= 0.6 is 15.2 Å². The lowest BCUT2D eigenvalue weighted by atomic mass is 10.1. The van der Waals surface area contributed by atoms with Gasteiger partial charge in [-0.05, 0) is 43.0 Å². The molecule has 32 heavy (non-hydrogen) atoms. The Hall–Kier alpha value is -1.33. The number of hydrogen-bond acceptors (Lipinski definition) is 7. The molecule has 178 valence electrons. The fraction of sp³-hybridized carbons (Fsp3) is 0.522. The Labute approximate surface area is 191 Å². The summed E-state index contributed by atoms with van der Waals surface area (Å²) in [5, 5.41) is 0. The quantitative estimate of drug-likeness (QED) is 0.279. The first-order valence-electron chi connectivity index (χ1n) is 11.0. The molecule has 9 heteroatoms. The Kier molecular flexibility index (Phi) is 10.8. The van der Waals surface area contributed by atoms with E-state index in [2.05, 4.69) is 4.98 Å². The Bertz CT molecular complexity index is 904. The van der Waals surface area contributed by atoms with Gasteiger partial charge < -0.3 is 18.1 Å². The Morgan fingerprint density at radius 2 is 1.34 bits per heavy atom. The summed E-state index contributed by atoms with van der Waals surface area (Å²) in [5.74, 6) is 0.